The Morgan fingerprint density at radius 1 is 0.889 bits per heavy atom. The van der Waals surface area contributed by atoms with Crippen LogP contribution in [0.2, 0.25) is 0 Å². The first kappa shape index (κ1) is 18.8. The minimum absolute atomic E-state index is 0.250. The van der Waals surface area contributed by atoms with Crippen molar-refractivity contribution in [3.05, 3.63) is 78.1 Å². The van der Waals surface area contributed by atoms with Crippen LogP contribution in [0.15, 0.2) is 61.3 Å². The summed E-state index contributed by atoms with van der Waals surface area (Å²) in [6.45, 7) is 1.81. The van der Waals surface area contributed by atoms with E-state index in [2.05, 4.69) is 15.0 Å². The van der Waals surface area contributed by atoms with Crippen LogP contribution in [0.3, 0.4) is 0 Å². The van der Waals surface area contributed by atoms with Gasteiger partial charge in [0.05, 0.1) is 17.5 Å². The molecule has 27 heavy (non-hydrogen) atoms. The molecule has 0 spiro atoms. The summed E-state index contributed by atoms with van der Waals surface area (Å²) in [6.07, 6.45) is 1.76. The average Bonchev–Trinajstić information content (AvgIpc) is 2.68. The molecule has 1 N–H and O–H groups in total. The molecular weight excluding hydrogens is 359 g/mol. The SMILES string of the molecule is CCC(O)(c1cncnc1)c1ccc(Oc2ccc(C(F)(F)F)cc2)cn1. The Bertz CT molecular complexity index is 885. The Balaban J connectivity index is 1.79. The van der Waals surface area contributed by atoms with Crippen LogP contribution in [0.5, 0.6) is 11.5 Å². The number of aromatic nitrogens is 3. The van der Waals surface area contributed by atoms with Crippen molar-refractivity contribution in [1.82, 2.24) is 15.0 Å². The van der Waals surface area contributed by atoms with Gasteiger partial charge in [0.1, 0.15) is 23.4 Å². The third-order valence-corrected chi connectivity index (χ3v) is 4.13. The van der Waals surface area contributed by atoms with Crippen molar-refractivity contribution in [2.24, 2.45) is 0 Å². The highest BCUT2D eigenvalue weighted by molar-refractivity contribution is 5.35. The Morgan fingerprint density at radius 2 is 1.52 bits per heavy atom. The molecule has 1 aromatic carbocycles. The minimum atomic E-state index is -4.40. The van der Waals surface area contributed by atoms with Crippen LogP contribution in [-0.2, 0) is 11.8 Å². The molecule has 3 aromatic rings. The molecule has 0 fully saturated rings. The molecule has 0 aliphatic rings. The maximum atomic E-state index is 12.6. The number of hydrogen-bond acceptors (Lipinski definition) is 5. The van der Waals surface area contributed by atoms with E-state index >= 15 is 0 Å². The Kier molecular flexibility index (Phi) is 5.09. The largest absolute Gasteiger partial charge is 0.456 e. The van der Waals surface area contributed by atoms with E-state index in [0.29, 0.717) is 23.4 Å². The lowest BCUT2D eigenvalue weighted by molar-refractivity contribution is -0.137. The number of rotatable bonds is 5. The van der Waals surface area contributed by atoms with Crippen LogP contribution >= 0.6 is 0 Å². The fraction of sp³-hybridized carbons (Fsp3) is 0.211. The molecule has 0 bridgehead atoms. The van der Waals surface area contributed by atoms with Crippen molar-refractivity contribution in [2.75, 3.05) is 0 Å². The monoisotopic (exact) mass is 375 g/mol. The molecule has 1 unspecified atom stereocenters. The zero-order valence-electron chi connectivity index (χ0n) is 14.3. The molecule has 0 amide bonds. The lowest BCUT2D eigenvalue weighted by Crippen LogP contribution is -2.27. The van der Waals surface area contributed by atoms with Crippen LogP contribution in [0, 0.1) is 0 Å². The van der Waals surface area contributed by atoms with E-state index in [9.17, 15) is 18.3 Å². The molecule has 2 heterocycles. The van der Waals surface area contributed by atoms with Gasteiger partial charge in [0.25, 0.3) is 0 Å². The number of alkyl halides is 3. The zero-order valence-corrected chi connectivity index (χ0v) is 14.3. The maximum Gasteiger partial charge on any atom is 0.416 e. The van der Waals surface area contributed by atoms with Crippen LogP contribution < -0.4 is 4.74 Å². The summed E-state index contributed by atoms with van der Waals surface area (Å²) >= 11 is 0. The van der Waals surface area contributed by atoms with Gasteiger partial charge in [0.15, 0.2) is 0 Å². The lowest BCUT2D eigenvalue weighted by atomic mass is 9.89. The average molecular weight is 375 g/mol. The summed E-state index contributed by atoms with van der Waals surface area (Å²) in [5, 5.41) is 11.0. The molecule has 8 heteroatoms. The molecular formula is C19H16F3N3O2. The summed E-state index contributed by atoms with van der Waals surface area (Å²) in [7, 11) is 0. The minimum Gasteiger partial charge on any atom is -0.456 e. The third kappa shape index (κ3) is 4.06. The molecule has 2 aromatic heterocycles. The molecule has 0 aliphatic carbocycles. The van der Waals surface area contributed by atoms with E-state index < -0.39 is 17.3 Å². The van der Waals surface area contributed by atoms with Gasteiger partial charge >= 0.3 is 6.18 Å². The standard InChI is InChI=1S/C19H16F3N3O2/c1-2-18(26,14-9-23-12-24-10-14)17-8-7-16(11-25-17)27-15-5-3-13(4-6-15)19(20,21)22/h3-12,26H,2H2,1H3. The van der Waals surface area contributed by atoms with Gasteiger partial charge in [-0.15, -0.1) is 0 Å². The summed E-state index contributed by atoms with van der Waals surface area (Å²) in [5.74, 6) is 0.584. The normalized spacial score (nSPS) is 13.8. The van der Waals surface area contributed by atoms with Gasteiger partial charge in [-0.3, -0.25) is 4.98 Å². The maximum absolute atomic E-state index is 12.6. The smallest absolute Gasteiger partial charge is 0.416 e. The Hall–Kier alpha value is -3.00. The number of pyridine rings is 1. The number of halogens is 3. The number of hydrogen-bond donors (Lipinski definition) is 1. The van der Waals surface area contributed by atoms with Crippen molar-refractivity contribution < 1.29 is 23.0 Å². The van der Waals surface area contributed by atoms with Crippen molar-refractivity contribution in [3.8, 4) is 11.5 Å². The highest BCUT2D eigenvalue weighted by Gasteiger charge is 2.32. The zero-order chi connectivity index (χ0) is 19.5. The highest BCUT2D eigenvalue weighted by atomic mass is 19.4. The fourth-order valence-electron chi connectivity index (χ4n) is 2.58. The molecule has 5 nitrogen and oxygen atoms in total. The predicted octanol–water partition coefficient (Wildman–Crippen LogP) is 4.33. The van der Waals surface area contributed by atoms with E-state index in [1.54, 1.807) is 19.1 Å². The Labute approximate surface area is 153 Å². The second kappa shape index (κ2) is 7.32. The first-order chi connectivity index (χ1) is 12.8. The summed E-state index contributed by atoms with van der Waals surface area (Å²) in [4.78, 5) is 12.1. The summed E-state index contributed by atoms with van der Waals surface area (Å²) < 4.78 is 43.3. The van der Waals surface area contributed by atoms with Gasteiger partial charge in [-0.1, -0.05) is 6.92 Å². The summed E-state index contributed by atoms with van der Waals surface area (Å²) in [5.41, 5.74) is -1.20. The van der Waals surface area contributed by atoms with Gasteiger partial charge in [0.2, 0.25) is 0 Å². The molecule has 0 radical (unpaired) electrons. The third-order valence-electron chi connectivity index (χ3n) is 4.13. The second-order valence-corrected chi connectivity index (χ2v) is 5.84. The number of aliphatic hydroxyl groups is 1. The van der Waals surface area contributed by atoms with Crippen LogP contribution in [0.4, 0.5) is 13.2 Å². The van der Waals surface area contributed by atoms with E-state index in [1.807, 2.05) is 0 Å². The van der Waals surface area contributed by atoms with Crippen molar-refractivity contribution >= 4 is 0 Å². The van der Waals surface area contributed by atoms with Gasteiger partial charge in [0, 0.05) is 18.0 Å². The van der Waals surface area contributed by atoms with Gasteiger partial charge in [-0.05, 0) is 42.8 Å². The van der Waals surface area contributed by atoms with E-state index in [4.69, 9.17) is 4.74 Å². The molecule has 140 valence electrons. The first-order valence-electron chi connectivity index (χ1n) is 8.12. The molecule has 0 saturated carbocycles. The predicted molar refractivity (Wildman–Crippen MR) is 91.1 cm³/mol. The highest BCUT2D eigenvalue weighted by Crippen LogP contribution is 2.33. The molecule has 1 atom stereocenters. The van der Waals surface area contributed by atoms with Gasteiger partial charge in [-0.25, -0.2) is 9.97 Å². The van der Waals surface area contributed by atoms with Crippen molar-refractivity contribution in [3.63, 3.8) is 0 Å². The Morgan fingerprint density at radius 3 is 2.04 bits per heavy atom. The summed E-state index contributed by atoms with van der Waals surface area (Å²) in [6, 6.07) is 7.55. The van der Waals surface area contributed by atoms with Crippen LogP contribution in [0.25, 0.3) is 0 Å². The number of ether oxygens (including phenoxy) is 1. The van der Waals surface area contributed by atoms with Gasteiger partial charge < -0.3 is 9.84 Å². The van der Waals surface area contributed by atoms with Crippen molar-refractivity contribution in [2.45, 2.75) is 25.1 Å². The molecule has 0 saturated heterocycles. The molecule has 0 aliphatic heterocycles. The quantitative estimate of drug-likeness (QED) is 0.719. The van der Waals surface area contributed by atoms with Crippen molar-refractivity contribution in [1.29, 1.82) is 0 Å². The lowest BCUT2D eigenvalue weighted by Gasteiger charge is -2.26. The van der Waals surface area contributed by atoms with E-state index in [0.717, 1.165) is 12.1 Å². The first-order valence-corrected chi connectivity index (χ1v) is 8.12. The van der Waals surface area contributed by atoms with E-state index in [-0.39, 0.29) is 5.75 Å². The number of benzene rings is 1. The number of nitrogens with zero attached hydrogens (tertiary/aromatic N) is 3. The topological polar surface area (TPSA) is 68.1 Å². The van der Waals surface area contributed by atoms with Crippen LogP contribution in [-0.4, -0.2) is 20.1 Å². The van der Waals surface area contributed by atoms with Gasteiger partial charge in [-0.2, -0.15) is 13.2 Å². The van der Waals surface area contributed by atoms with E-state index in [1.165, 1.54) is 37.1 Å². The fourth-order valence-corrected chi connectivity index (χ4v) is 2.58. The second-order valence-electron chi connectivity index (χ2n) is 5.84. The molecule has 3 rings (SSSR count). The van der Waals surface area contributed by atoms with Crippen LogP contribution in [0.1, 0.15) is 30.2 Å².